The molecule has 0 spiro atoms. The lowest BCUT2D eigenvalue weighted by Crippen LogP contribution is -2.38. The van der Waals surface area contributed by atoms with E-state index in [9.17, 15) is 8.42 Å². The Balaban J connectivity index is 2.08. The van der Waals surface area contributed by atoms with Crippen molar-refractivity contribution in [3.05, 3.63) is 23.4 Å². The van der Waals surface area contributed by atoms with Crippen LogP contribution in [0.5, 0.6) is 0 Å². The molecule has 0 aliphatic carbocycles. The molecule has 0 saturated carbocycles. The van der Waals surface area contributed by atoms with Gasteiger partial charge in [0.1, 0.15) is 5.82 Å². The van der Waals surface area contributed by atoms with Gasteiger partial charge in [-0.25, -0.2) is 13.4 Å². The number of anilines is 1. The molecule has 0 radical (unpaired) electrons. The molecule has 5 nitrogen and oxygen atoms in total. The van der Waals surface area contributed by atoms with Gasteiger partial charge in [0.2, 0.25) is 10.0 Å². The van der Waals surface area contributed by atoms with E-state index in [-0.39, 0.29) is 5.25 Å². The Labute approximate surface area is 106 Å². The molecule has 0 amide bonds. The number of rotatable bonds is 3. The Hall–Kier alpha value is -0.850. The first-order valence-electron chi connectivity index (χ1n) is 5.42. The van der Waals surface area contributed by atoms with E-state index in [4.69, 9.17) is 11.6 Å². The second kappa shape index (κ2) is 5.20. The van der Waals surface area contributed by atoms with Crippen LogP contribution < -0.4 is 10.0 Å². The lowest BCUT2D eigenvalue weighted by atomic mass is 10.2. The molecule has 1 saturated heterocycles. The summed E-state index contributed by atoms with van der Waals surface area (Å²) in [4.78, 5) is 3.92. The van der Waals surface area contributed by atoms with Gasteiger partial charge in [-0.1, -0.05) is 11.6 Å². The minimum absolute atomic E-state index is 0.313. The van der Waals surface area contributed by atoms with Crippen LogP contribution in [0.4, 0.5) is 5.82 Å². The molecule has 7 heteroatoms. The van der Waals surface area contributed by atoms with E-state index in [1.54, 1.807) is 12.1 Å². The van der Waals surface area contributed by atoms with Crippen LogP contribution in [-0.4, -0.2) is 31.7 Å². The predicted molar refractivity (Wildman–Crippen MR) is 67.7 cm³/mol. The number of halogens is 1. The third-order valence-electron chi connectivity index (χ3n) is 2.70. The Morgan fingerprint density at radius 3 is 2.65 bits per heavy atom. The van der Waals surface area contributed by atoms with E-state index < -0.39 is 10.0 Å². The van der Waals surface area contributed by atoms with Crippen molar-refractivity contribution in [1.82, 2.24) is 10.3 Å². The molecule has 94 valence electrons. The summed E-state index contributed by atoms with van der Waals surface area (Å²) in [6.07, 6.45) is 2.67. The predicted octanol–water partition coefficient (Wildman–Crippen LogP) is 1.23. The zero-order chi connectivity index (χ0) is 12.3. The van der Waals surface area contributed by atoms with Crippen LogP contribution in [0.2, 0.25) is 5.02 Å². The van der Waals surface area contributed by atoms with Gasteiger partial charge in [-0.05, 0) is 38.1 Å². The molecule has 17 heavy (non-hydrogen) atoms. The number of nitrogens with one attached hydrogen (secondary N) is 2. The Kier molecular flexibility index (Phi) is 3.86. The molecule has 1 fully saturated rings. The standard InChI is InChI=1S/C10H14ClN3O2S/c11-8-1-2-10(13-7-8)14-17(15,16)9-3-5-12-6-4-9/h1-2,7,9,12H,3-6H2,(H,13,14). The van der Waals surface area contributed by atoms with Gasteiger partial charge in [-0.3, -0.25) is 4.72 Å². The van der Waals surface area contributed by atoms with Gasteiger partial charge >= 0.3 is 0 Å². The summed E-state index contributed by atoms with van der Waals surface area (Å²) < 4.78 is 26.5. The van der Waals surface area contributed by atoms with Crippen LogP contribution in [0.1, 0.15) is 12.8 Å². The van der Waals surface area contributed by atoms with Gasteiger partial charge in [0.15, 0.2) is 0 Å². The molecule has 2 heterocycles. The molecule has 1 aromatic heterocycles. The third kappa shape index (κ3) is 3.31. The quantitative estimate of drug-likeness (QED) is 0.870. The topological polar surface area (TPSA) is 71.1 Å². The zero-order valence-corrected chi connectivity index (χ0v) is 10.8. The van der Waals surface area contributed by atoms with Crippen LogP contribution in [0.25, 0.3) is 0 Å². The molecule has 0 atom stereocenters. The number of hydrogen-bond donors (Lipinski definition) is 2. The summed E-state index contributed by atoms with van der Waals surface area (Å²) in [5, 5.41) is 3.27. The second-order valence-electron chi connectivity index (χ2n) is 3.96. The highest BCUT2D eigenvalue weighted by Gasteiger charge is 2.27. The minimum atomic E-state index is -3.34. The van der Waals surface area contributed by atoms with Gasteiger partial charge in [-0.2, -0.15) is 0 Å². The normalized spacial score (nSPS) is 17.9. The monoisotopic (exact) mass is 275 g/mol. The fourth-order valence-electron chi connectivity index (χ4n) is 1.77. The molecule has 1 aromatic rings. The highest BCUT2D eigenvalue weighted by Crippen LogP contribution is 2.17. The van der Waals surface area contributed by atoms with Crippen LogP contribution in [-0.2, 0) is 10.0 Å². The first kappa shape index (κ1) is 12.6. The zero-order valence-electron chi connectivity index (χ0n) is 9.19. The van der Waals surface area contributed by atoms with Crippen LogP contribution in [0, 0.1) is 0 Å². The highest BCUT2D eigenvalue weighted by molar-refractivity contribution is 7.93. The minimum Gasteiger partial charge on any atom is -0.317 e. The molecular formula is C10H14ClN3O2S. The fraction of sp³-hybridized carbons (Fsp3) is 0.500. The summed E-state index contributed by atoms with van der Waals surface area (Å²) >= 11 is 5.68. The van der Waals surface area contributed by atoms with Gasteiger partial charge in [0.25, 0.3) is 0 Å². The van der Waals surface area contributed by atoms with E-state index in [0.29, 0.717) is 23.7 Å². The van der Waals surface area contributed by atoms with Crippen molar-refractivity contribution in [1.29, 1.82) is 0 Å². The van der Waals surface area contributed by atoms with Crippen molar-refractivity contribution in [2.45, 2.75) is 18.1 Å². The van der Waals surface area contributed by atoms with Gasteiger partial charge in [0.05, 0.1) is 10.3 Å². The molecule has 1 aliphatic rings. The van der Waals surface area contributed by atoms with Gasteiger partial charge in [0, 0.05) is 6.20 Å². The summed E-state index contributed by atoms with van der Waals surface area (Å²) in [5.74, 6) is 0.313. The van der Waals surface area contributed by atoms with E-state index >= 15 is 0 Å². The number of sulfonamides is 1. The van der Waals surface area contributed by atoms with Crippen LogP contribution >= 0.6 is 11.6 Å². The highest BCUT2D eigenvalue weighted by atomic mass is 35.5. The third-order valence-corrected chi connectivity index (χ3v) is 4.77. The Morgan fingerprint density at radius 2 is 2.06 bits per heavy atom. The maximum atomic E-state index is 12.0. The fourth-order valence-corrected chi connectivity index (χ4v) is 3.32. The van der Waals surface area contributed by atoms with Crippen molar-refractivity contribution >= 4 is 27.4 Å². The summed E-state index contributed by atoms with van der Waals surface area (Å²) in [6.45, 7) is 1.47. The van der Waals surface area contributed by atoms with E-state index in [2.05, 4.69) is 15.0 Å². The molecule has 0 aromatic carbocycles. The van der Waals surface area contributed by atoms with Crippen LogP contribution in [0.3, 0.4) is 0 Å². The average molecular weight is 276 g/mol. The Morgan fingerprint density at radius 1 is 1.35 bits per heavy atom. The largest absolute Gasteiger partial charge is 0.317 e. The van der Waals surface area contributed by atoms with Crippen molar-refractivity contribution < 1.29 is 8.42 Å². The van der Waals surface area contributed by atoms with E-state index in [1.807, 2.05) is 0 Å². The maximum Gasteiger partial charge on any atom is 0.236 e. The lowest BCUT2D eigenvalue weighted by Gasteiger charge is -2.22. The summed E-state index contributed by atoms with van der Waals surface area (Å²) in [7, 11) is -3.34. The van der Waals surface area contributed by atoms with Crippen LogP contribution in [0.15, 0.2) is 18.3 Å². The molecule has 2 rings (SSSR count). The summed E-state index contributed by atoms with van der Waals surface area (Å²) in [6, 6.07) is 3.16. The van der Waals surface area contributed by atoms with Gasteiger partial charge in [-0.15, -0.1) is 0 Å². The molecule has 1 aliphatic heterocycles. The van der Waals surface area contributed by atoms with Gasteiger partial charge < -0.3 is 5.32 Å². The number of piperidine rings is 1. The Bertz CT molecular complexity index is 469. The first-order valence-corrected chi connectivity index (χ1v) is 7.34. The molecule has 0 bridgehead atoms. The number of pyridine rings is 1. The molecule has 2 N–H and O–H groups in total. The van der Waals surface area contributed by atoms with Crippen molar-refractivity contribution in [3.63, 3.8) is 0 Å². The molecular weight excluding hydrogens is 262 g/mol. The summed E-state index contributed by atoms with van der Waals surface area (Å²) in [5.41, 5.74) is 0. The van der Waals surface area contributed by atoms with E-state index in [0.717, 1.165) is 13.1 Å². The van der Waals surface area contributed by atoms with Crippen molar-refractivity contribution in [3.8, 4) is 0 Å². The number of hydrogen-bond acceptors (Lipinski definition) is 4. The molecule has 0 unspecified atom stereocenters. The first-order chi connectivity index (χ1) is 8.08. The number of nitrogens with zero attached hydrogens (tertiary/aromatic N) is 1. The van der Waals surface area contributed by atoms with Crippen molar-refractivity contribution in [2.75, 3.05) is 17.8 Å². The SMILES string of the molecule is O=S(=O)(Nc1ccc(Cl)cn1)C1CCNCC1. The number of aromatic nitrogens is 1. The smallest absolute Gasteiger partial charge is 0.236 e. The van der Waals surface area contributed by atoms with Crippen molar-refractivity contribution in [2.24, 2.45) is 0 Å². The lowest BCUT2D eigenvalue weighted by molar-refractivity contribution is 0.499. The second-order valence-corrected chi connectivity index (χ2v) is 6.36. The van der Waals surface area contributed by atoms with E-state index in [1.165, 1.54) is 6.20 Å². The average Bonchev–Trinajstić information content (AvgIpc) is 2.33. The maximum absolute atomic E-state index is 12.0.